The van der Waals surface area contributed by atoms with Crippen LogP contribution in [0.5, 0.6) is 5.75 Å². The Balaban J connectivity index is 1.59. The first-order chi connectivity index (χ1) is 17.5. The van der Waals surface area contributed by atoms with E-state index in [0.717, 1.165) is 22.3 Å². The van der Waals surface area contributed by atoms with Crippen LogP contribution in [0.2, 0.25) is 0 Å². The summed E-state index contributed by atoms with van der Waals surface area (Å²) in [5.41, 5.74) is 4.35. The molecule has 1 atom stereocenters. The Labute approximate surface area is 210 Å². The molecule has 1 aliphatic heterocycles. The van der Waals surface area contributed by atoms with E-state index in [1.54, 1.807) is 12.0 Å². The molecule has 0 saturated heterocycles. The molecule has 1 unspecified atom stereocenters. The van der Waals surface area contributed by atoms with Gasteiger partial charge in [-0.05, 0) is 60.7 Å². The van der Waals surface area contributed by atoms with Gasteiger partial charge in [-0.3, -0.25) is 9.59 Å². The van der Waals surface area contributed by atoms with E-state index in [1.165, 1.54) is 0 Å². The van der Waals surface area contributed by atoms with Gasteiger partial charge in [-0.15, -0.1) is 0 Å². The minimum absolute atomic E-state index is 0.121. The second kappa shape index (κ2) is 9.99. The first kappa shape index (κ1) is 23.8. The van der Waals surface area contributed by atoms with E-state index in [2.05, 4.69) is 0 Å². The van der Waals surface area contributed by atoms with Crippen LogP contribution in [-0.2, 0) is 11.3 Å². The van der Waals surface area contributed by atoms with Crippen molar-refractivity contribution in [3.05, 3.63) is 111 Å². The normalized spacial score (nSPS) is 14.9. The lowest BCUT2D eigenvalue weighted by Gasteiger charge is -2.25. The molecule has 0 saturated carbocycles. The Morgan fingerprint density at radius 1 is 0.972 bits per heavy atom. The van der Waals surface area contributed by atoms with Crippen LogP contribution >= 0.6 is 0 Å². The summed E-state index contributed by atoms with van der Waals surface area (Å²) in [4.78, 5) is 29.1. The zero-order valence-electron chi connectivity index (χ0n) is 20.7. The standard InChI is InChI=1S/C30H29NO5/c1-19-15-20(2)25-24(16-19)36-29-26(28(25)32)27(31(30(29)33)13-8-14-34-3)22-11-7-12-23(17-22)35-18-21-9-5-4-6-10-21/h4-7,9-12,15-17,27H,8,13-14,18H2,1-3H3. The van der Waals surface area contributed by atoms with Crippen molar-refractivity contribution >= 4 is 16.9 Å². The summed E-state index contributed by atoms with van der Waals surface area (Å²) in [5.74, 6) is 0.515. The predicted octanol–water partition coefficient (Wildman–Crippen LogP) is 5.57. The van der Waals surface area contributed by atoms with E-state index in [-0.39, 0.29) is 17.1 Å². The molecule has 5 rings (SSSR count). The van der Waals surface area contributed by atoms with Crippen molar-refractivity contribution < 1.29 is 18.7 Å². The van der Waals surface area contributed by atoms with Gasteiger partial charge < -0.3 is 18.8 Å². The Hall–Kier alpha value is -3.90. The summed E-state index contributed by atoms with van der Waals surface area (Å²) >= 11 is 0. The number of benzene rings is 3. The molecule has 1 amide bonds. The van der Waals surface area contributed by atoms with Gasteiger partial charge in [0.2, 0.25) is 5.76 Å². The summed E-state index contributed by atoms with van der Waals surface area (Å²) in [6.45, 7) is 5.22. The number of rotatable bonds is 8. The largest absolute Gasteiger partial charge is 0.489 e. The lowest BCUT2D eigenvalue weighted by Crippen LogP contribution is -2.31. The smallest absolute Gasteiger partial charge is 0.290 e. The highest BCUT2D eigenvalue weighted by atomic mass is 16.5. The molecule has 0 N–H and O–H groups in total. The van der Waals surface area contributed by atoms with Gasteiger partial charge in [0.25, 0.3) is 5.91 Å². The molecule has 36 heavy (non-hydrogen) atoms. The van der Waals surface area contributed by atoms with Gasteiger partial charge in [0.05, 0.1) is 17.0 Å². The topological polar surface area (TPSA) is 69.0 Å². The lowest BCUT2D eigenvalue weighted by atomic mass is 9.96. The van der Waals surface area contributed by atoms with Gasteiger partial charge in [-0.2, -0.15) is 0 Å². The number of nitrogens with zero attached hydrogens (tertiary/aromatic N) is 1. The molecule has 0 bridgehead atoms. The van der Waals surface area contributed by atoms with Crippen LogP contribution in [0.15, 0.2) is 75.9 Å². The van der Waals surface area contributed by atoms with Crippen molar-refractivity contribution in [1.29, 1.82) is 0 Å². The summed E-state index contributed by atoms with van der Waals surface area (Å²) in [6, 6.07) is 20.8. The first-order valence-corrected chi connectivity index (χ1v) is 12.1. The molecule has 0 radical (unpaired) electrons. The number of amides is 1. The molecule has 4 aromatic rings. The van der Waals surface area contributed by atoms with Gasteiger partial charge in [0.1, 0.15) is 17.9 Å². The maximum absolute atomic E-state index is 13.9. The van der Waals surface area contributed by atoms with Gasteiger partial charge >= 0.3 is 0 Å². The fourth-order valence-corrected chi connectivity index (χ4v) is 4.99. The number of fused-ring (bicyclic) bond motifs is 2. The van der Waals surface area contributed by atoms with E-state index < -0.39 is 6.04 Å². The first-order valence-electron chi connectivity index (χ1n) is 12.1. The van der Waals surface area contributed by atoms with E-state index in [1.807, 2.05) is 80.6 Å². The van der Waals surface area contributed by atoms with Crippen LogP contribution in [0, 0.1) is 13.8 Å². The molecule has 0 aliphatic carbocycles. The highest BCUT2D eigenvalue weighted by molar-refractivity contribution is 5.99. The van der Waals surface area contributed by atoms with Gasteiger partial charge in [-0.1, -0.05) is 48.5 Å². The molecule has 184 valence electrons. The maximum atomic E-state index is 13.9. The Bertz CT molecular complexity index is 1470. The molecule has 1 aliphatic rings. The van der Waals surface area contributed by atoms with Crippen molar-refractivity contribution in [2.75, 3.05) is 20.3 Å². The number of hydrogen-bond donors (Lipinski definition) is 0. The number of ether oxygens (including phenoxy) is 2. The van der Waals surface area contributed by atoms with Crippen LogP contribution in [-0.4, -0.2) is 31.1 Å². The summed E-state index contributed by atoms with van der Waals surface area (Å²) in [6.07, 6.45) is 0.642. The van der Waals surface area contributed by atoms with Crippen LogP contribution in [0.4, 0.5) is 0 Å². The van der Waals surface area contributed by atoms with E-state index in [4.69, 9.17) is 13.9 Å². The van der Waals surface area contributed by atoms with Crippen molar-refractivity contribution in [1.82, 2.24) is 4.90 Å². The number of carbonyl (C=O) groups excluding carboxylic acids is 1. The molecular weight excluding hydrogens is 454 g/mol. The Kier molecular flexibility index (Phi) is 6.61. The summed E-state index contributed by atoms with van der Waals surface area (Å²) in [7, 11) is 1.63. The Morgan fingerprint density at radius 3 is 2.56 bits per heavy atom. The molecule has 3 aromatic carbocycles. The second-order valence-corrected chi connectivity index (χ2v) is 9.22. The van der Waals surface area contributed by atoms with Crippen LogP contribution in [0.1, 0.15) is 50.8 Å². The zero-order chi connectivity index (χ0) is 25.2. The van der Waals surface area contributed by atoms with Crippen LogP contribution < -0.4 is 10.2 Å². The minimum Gasteiger partial charge on any atom is -0.489 e. The number of hydrogen-bond acceptors (Lipinski definition) is 5. The minimum atomic E-state index is -0.564. The summed E-state index contributed by atoms with van der Waals surface area (Å²) < 4.78 is 17.4. The molecule has 2 heterocycles. The number of methoxy groups -OCH3 is 1. The van der Waals surface area contributed by atoms with Gasteiger partial charge in [-0.25, -0.2) is 0 Å². The third kappa shape index (κ3) is 4.40. The average molecular weight is 484 g/mol. The molecule has 6 heteroatoms. The summed E-state index contributed by atoms with van der Waals surface area (Å²) in [5, 5.41) is 0.521. The quantitative estimate of drug-likeness (QED) is 0.307. The fourth-order valence-electron chi connectivity index (χ4n) is 4.99. The molecule has 6 nitrogen and oxygen atoms in total. The average Bonchev–Trinajstić information content (AvgIpc) is 3.15. The second-order valence-electron chi connectivity index (χ2n) is 9.22. The molecule has 0 spiro atoms. The van der Waals surface area contributed by atoms with E-state index in [9.17, 15) is 9.59 Å². The SMILES string of the molecule is COCCCN1C(=O)c2oc3cc(C)cc(C)c3c(=O)c2C1c1cccc(OCc2ccccc2)c1. The molecule has 0 fully saturated rings. The molecular formula is C30H29NO5. The van der Waals surface area contributed by atoms with Crippen LogP contribution in [0.3, 0.4) is 0 Å². The monoisotopic (exact) mass is 483 g/mol. The third-order valence-corrected chi connectivity index (χ3v) is 6.58. The fraction of sp³-hybridized carbons (Fsp3) is 0.267. The number of aryl methyl sites for hydroxylation is 2. The van der Waals surface area contributed by atoms with Gasteiger partial charge in [0, 0.05) is 20.3 Å². The van der Waals surface area contributed by atoms with E-state index in [0.29, 0.717) is 48.5 Å². The van der Waals surface area contributed by atoms with Crippen molar-refractivity contribution in [2.45, 2.75) is 32.9 Å². The van der Waals surface area contributed by atoms with Crippen molar-refractivity contribution in [3.8, 4) is 5.75 Å². The Morgan fingerprint density at radius 2 is 1.78 bits per heavy atom. The van der Waals surface area contributed by atoms with Crippen molar-refractivity contribution in [3.63, 3.8) is 0 Å². The van der Waals surface area contributed by atoms with Gasteiger partial charge in [0.15, 0.2) is 5.43 Å². The lowest BCUT2D eigenvalue weighted by molar-refractivity contribution is 0.0707. The number of carbonyl (C=O) groups is 1. The van der Waals surface area contributed by atoms with Crippen LogP contribution in [0.25, 0.3) is 11.0 Å². The predicted molar refractivity (Wildman–Crippen MR) is 139 cm³/mol. The van der Waals surface area contributed by atoms with Crippen molar-refractivity contribution in [2.24, 2.45) is 0 Å². The highest BCUT2D eigenvalue weighted by Crippen LogP contribution is 2.39. The zero-order valence-corrected chi connectivity index (χ0v) is 20.7. The molecule has 1 aromatic heterocycles. The maximum Gasteiger partial charge on any atom is 0.290 e. The third-order valence-electron chi connectivity index (χ3n) is 6.58. The van der Waals surface area contributed by atoms with E-state index >= 15 is 0 Å². The highest BCUT2D eigenvalue weighted by Gasteiger charge is 2.42.